The topological polar surface area (TPSA) is 86.5 Å². The van der Waals surface area contributed by atoms with Crippen molar-refractivity contribution >= 4 is 11.9 Å². The van der Waals surface area contributed by atoms with Gasteiger partial charge in [-0.05, 0) is 37.7 Å². The molecule has 0 bridgehead atoms. The maximum absolute atomic E-state index is 12.9. The Hall–Kier alpha value is -3.18. The van der Waals surface area contributed by atoms with Crippen LogP contribution in [0, 0.1) is 17.8 Å². The van der Waals surface area contributed by atoms with Gasteiger partial charge < -0.3 is 14.4 Å². The van der Waals surface area contributed by atoms with Crippen LogP contribution >= 0.6 is 0 Å². The average molecular weight is 467 g/mol. The second-order valence-electron chi connectivity index (χ2n) is 8.83. The van der Waals surface area contributed by atoms with E-state index in [4.69, 9.17) is 9.47 Å². The van der Waals surface area contributed by atoms with Gasteiger partial charge in [-0.3, -0.25) is 9.59 Å². The molecule has 0 N–H and O–H groups in total. The van der Waals surface area contributed by atoms with Crippen molar-refractivity contribution in [2.45, 2.75) is 71.2 Å². The number of amides is 1. The van der Waals surface area contributed by atoms with Crippen LogP contribution in [0.3, 0.4) is 0 Å². The summed E-state index contributed by atoms with van der Waals surface area (Å²) < 4.78 is 13.0. The molecular weight excluding hydrogens is 432 g/mol. The van der Waals surface area contributed by atoms with Crippen LogP contribution in [0.15, 0.2) is 36.5 Å². The second kappa shape index (κ2) is 12.3. The average Bonchev–Trinajstić information content (AvgIpc) is 3.51. The summed E-state index contributed by atoms with van der Waals surface area (Å²) in [6.07, 6.45) is 4.68. The molecule has 1 aromatic carbocycles. The summed E-state index contributed by atoms with van der Waals surface area (Å²) in [6.45, 7) is 6.40. The molecule has 1 aliphatic rings. The van der Waals surface area contributed by atoms with Gasteiger partial charge in [0.2, 0.25) is 5.91 Å². The number of hydrogen-bond donors (Lipinski definition) is 0. The van der Waals surface area contributed by atoms with Gasteiger partial charge in [0.15, 0.2) is 12.3 Å². The second-order valence-corrected chi connectivity index (χ2v) is 8.83. The van der Waals surface area contributed by atoms with E-state index in [0.717, 1.165) is 24.8 Å². The minimum absolute atomic E-state index is 0.0455. The molecule has 182 valence electrons. The molecule has 1 aliphatic heterocycles. The SMILES string of the molecule is CCC(=O)OCC#Cc1cn([C@H](C)C[C@@H]2CC[C@H]([C@@H](C)C(=O)N(C)Cc3ccccc3)O2)nn1. The first-order valence-corrected chi connectivity index (χ1v) is 11.9. The highest BCUT2D eigenvalue weighted by molar-refractivity contribution is 5.78. The van der Waals surface area contributed by atoms with Crippen LogP contribution in [0.1, 0.15) is 63.8 Å². The third-order valence-corrected chi connectivity index (χ3v) is 6.10. The number of aromatic nitrogens is 3. The molecule has 1 fully saturated rings. The van der Waals surface area contributed by atoms with E-state index in [0.29, 0.717) is 18.7 Å². The number of ether oxygens (including phenoxy) is 2. The predicted octanol–water partition coefficient (Wildman–Crippen LogP) is 3.38. The summed E-state index contributed by atoms with van der Waals surface area (Å²) in [5.41, 5.74) is 1.65. The Morgan fingerprint density at radius 1 is 1.26 bits per heavy atom. The van der Waals surface area contributed by atoms with Crippen molar-refractivity contribution < 1.29 is 19.1 Å². The van der Waals surface area contributed by atoms with E-state index in [-0.39, 0.29) is 42.7 Å². The fourth-order valence-electron chi connectivity index (χ4n) is 4.10. The lowest BCUT2D eigenvalue weighted by molar-refractivity contribution is -0.142. The summed E-state index contributed by atoms with van der Waals surface area (Å²) in [5, 5.41) is 8.25. The van der Waals surface area contributed by atoms with Crippen LogP contribution in [-0.2, 0) is 25.6 Å². The lowest BCUT2D eigenvalue weighted by Gasteiger charge is -2.26. The Bertz CT molecular complexity index is 1010. The molecule has 2 aromatic rings. The predicted molar refractivity (Wildman–Crippen MR) is 127 cm³/mol. The van der Waals surface area contributed by atoms with Gasteiger partial charge in [-0.2, -0.15) is 0 Å². The number of rotatable bonds is 9. The highest BCUT2D eigenvalue weighted by atomic mass is 16.5. The number of carbonyl (C=O) groups is 2. The molecule has 1 aromatic heterocycles. The molecule has 1 amide bonds. The molecule has 0 aliphatic carbocycles. The molecule has 8 nitrogen and oxygen atoms in total. The third-order valence-electron chi connectivity index (χ3n) is 6.10. The highest BCUT2D eigenvalue weighted by Gasteiger charge is 2.35. The fraction of sp³-hybridized carbons (Fsp3) is 0.538. The Morgan fingerprint density at radius 3 is 2.76 bits per heavy atom. The molecule has 0 saturated carbocycles. The first-order valence-electron chi connectivity index (χ1n) is 11.9. The van der Waals surface area contributed by atoms with Crippen LogP contribution in [0.4, 0.5) is 0 Å². The number of esters is 1. The van der Waals surface area contributed by atoms with Gasteiger partial charge in [0.1, 0.15) is 0 Å². The summed E-state index contributed by atoms with van der Waals surface area (Å²) >= 11 is 0. The summed E-state index contributed by atoms with van der Waals surface area (Å²) in [4.78, 5) is 25.8. The van der Waals surface area contributed by atoms with Crippen LogP contribution in [-0.4, -0.2) is 57.6 Å². The molecule has 0 unspecified atom stereocenters. The Labute approximate surface area is 201 Å². The number of nitrogens with zero attached hydrogens (tertiary/aromatic N) is 4. The number of carbonyl (C=O) groups excluding carboxylic acids is 2. The minimum atomic E-state index is -0.277. The molecule has 4 atom stereocenters. The van der Waals surface area contributed by atoms with Gasteiger partial charge in [0, 0.05) is 20.0 Å². The minimum Gasteiger partial charge on any atom is -0.452 e. The van der Waals surface area contributed by atoms with Crippen molar-refractivity contribution in [2.75, 3.05) is 13.7 Å². The van der Waals surface area contributed by atoms with E-state index in [1.54, 1.807) is 22.7 Å². The van der Waals surface area contributed by atoms with Crippen LogP contribution in [0.25, 0.3) is 0 Å². The first-order chi connectivity index (χ1) is 16.4. The third kappa shape index (κ3) is 7.16. The highest BCUT2D eigenvalue weighted by Crippen LogP contribution is 2.31. The largest absolute Gasteiger partial charge is 0.452 e. The Balaban J connectivity index is 1.46. The molecule has 8 heteroatoms. The molecule has 0 spiro atoms. The van der Waals surface area contributed by atoms with Crippen molar-refractivity contribution in [2.24, 2.45) is 5.92 Å². The smallest absolute Gasteiger partial charge is 0.306 e. The monoisotopic (exact) mass is 466 g/mol. The summed E-state index contributed by atoms with van der Waals surface area (Å²) in [7, 11) is 1.85. The first kappa shape index (κ1) is 25.4. The van der Waals surface area contributed by atoms with Gasteiger partial charge in [-0.25, -0.2) is 4.68 Å². The maximum Gasteiger partial charge on any atom is 0.306 e. The van der Waals surface area contributed by atoms with Gasteiger partial charge in [0.25, 0.3) is 0 Å². The van der Waals surface area contributed by atoms with Crippen molar-refractivity contribution in [1.29, 1.82) is 0 Å². The normalized spacial score (nSPS) is 19.1. The number of benzene rings is 1. The van der Waals surface area contributed by atoms with Crippen LogP contribution in [0.5, 0.6) is 0 Å². The summed E-state index contributed by atoms with van der Waals surface area (Å²) in [6, 6.07) is 10.1. The van der Waals surface area contributed by atoms with E-state index in [1.165, 1.54) is 0 Å². The van der Waals surface area contributed by atoms with Crippen molar-refractivity contribution in [3.8, 4) is 11.8 Å². The molecule has 2 heterocycles. The Morgan fingerprint density at radius 2 is 2.03 bits per heavy atom. The number of hydrogen-bond acceptors (Lipinski definition) is 6. The van der Waals surface area contributed by atoms with Crippen LogP contribution < -0.4 is 0 Å². The van der Waals surface area contributed by atoms with Crippen molar-refractivity contribution in [3.63, 3.8) is 0 Å². The standard InChI is InChI=1S/C26H34N4O4/c1-5-25(31)33-15-9-12-22-18-30(28-27-22)19(2)16-23-13-14-24(34-23)20(3)26(32)29(4)17-21-10-7-6-8-11-21/h6-8,10-11,18-20,23-24H,5,13-17H2,1-4H3/t19-,20-,23+,24-/m1/s1. The van der Waals surface area contributed by atoms with E-state index in [9.17, 15) is 9.59 Å². The molecule has 1 saturated heterocycles. The lowest BCUT2D eigenvalue weighted by atomic mass is 9.99. The molecule has 0 radical (unpaired) electrons. The molecular formula is C26H34N4O4. The van der Waals surface area contributed by atoms with Crippen molar-refractivity contribution in [1.82, 2.24) is 19.9 Å². The fourth-order valence-corrected chi connectivity index (χ4v) is 4.10. The van der Waals surface area contributed by atoms with Gasteiger partial charge >= 0.3 is 5.97 Å². The van der Waals surface area contributed by atoms with E-state index in [1.807, 2.05) is 44.3 Å². The molecule has 34 heavy (non-hydrogen) atoms. The van der Waals surface area contributed by atoms with E-state index < -0.39 is 0 Å². The maximum atomic E-state index is 12.9. The zero-order chi connectivity index (χ0) is 24.5. The van der Waals surface area contributed by atoms with Gasteiger partial charge in [0.05, 0.1) is 30.4 Å². The molecule has 3 rings (SSSR count). The van der Waals surface area contributed by atoms with E-state index in [2.05, 4.69) is 29.1 Å². The van der Waals surface area contributed by atoms with Crippen LogP contribution in [0.2, 0.25) is 0 Å². The van der Waals surface area contributed by atoms with E-state index >= 15 is 0 Å². The Kier molecular flexibility index (Phi) is 9.23. The summed E-state index contributed by atoms with van der Waals surface area (Å²) in [5.74, 6) is 5.27. The lowest BCUT2D eigenvalue weighted by Crippen LogP contribution is -2.37. The zero-order valence-electron chi connectivity index (χ0n) is 20.4. The van der Waals surface area contributed by atoms with Crippen molar-refractivity contribution in [3.05, 3.63) is 47.8 Å². The van der Waals surface area contributed by atoms with Gasteiger partial charge in [-0.15, -0.1) is 5.10 Å². The van der Waals surface area contributed by atoms with Gasteiger partial charge in [-0.1, -0.05) is 55.3 Å². The zero-order valence-corrected chi connectivity index (χ0v) is 20.4. The quantitative estimate of drug-likeness (QED) is 0.416.